The van der Waals surface area contributed by atoms with Gasteiger partial charge in [-0.25, -0.2) is 4.98 Å². The maximum absolute atomic E-state index is 13.5. The molecule has 0 atom stereocenters. The lowest BCUT2D eigenvalue weighted by molar-refractivity contribution is -0.118. The van der Waals surface area contributed by atoms with Crippen LogP contribution >= 0.6 is 11.3 Å². The van der Waals surface area contributed by atoms with Crippen molar-refractivity contribution in [3.05, 3.63) is 94.5 Å². The SMILES string of the molecule is Cc1cc(C)c2nc(N(Cc3ccccc3)C(=O)CCN3C(=O)c4ccccc4C3=O)sc2c1. The molecule has 34 heavy (non-hydrogen) atoms. The molecule has 0 spiro atoms. The van der Waals surface area contributed by atoms with Gasteiger partial charge in [0, 0.05) is 13.0 Å². The number of amides is 3. The number of aryl methyl sites for hydroxylation is 2. The highest BCUT2D eigenvalue weighted by atomic mass is 32.1. The van der Waals surface area contributed by atoms with Crippen LogP contribution in [0.2, 0.25) is 0 Å². The van der Waals surface area contributed by atoms with Gasteiger partial charge >= 0.3 is 0 Å². The zero-order valence-electron chi connectivity index (χ0n) is 18.9. The van der Waals surface area contributed by atoms with E-state index in [1.54, 1.807) is 29.2 Å². The number of benzene rings is 3. The van der Waals surface area contributed by atoms with Crippen LogP contribution in [0, 0.1) is 13.8 Å². The second-order valence-electron chi connectivity index (χ2n) is 8.45. The molecule has 0 bridgehead atoms. The van der Waals surface area contributed by atoms with Crippen LogP contribution in [0.3, 0.4) is 0 Å². The summed E-state index contributed by atoms with van der Waals surface area (Å²) in [6.07, 6.45) is 0.0201. The summed E-state index contributed by atoms with van der Waals surface area (Å²) in [7, 11) is 0. The zero-order chi connectivity index (χ0) is 23.8. The Bertz CT molecular complexity index is 1390. The Kier molecular flexibility index (Phi) is 5.71. The number of rotatable bonds is 6. The minimum absolute atomic E-state index is 0.0201. The number of aromatic nitrogens is 1. The van der Waals surface area contributed by atoms with Gasteiger partial charge in [0.15, 0.2) is 5.13 Å². The molecule has 0 radical (unpaired) electrons. The Hall–Kier alpha value is -3.84. The molecule has 0 unspecified atom stereocenters. The maximum atomic E-state index is 13.5. The Morgan fingerprint density at radius 3 is 2.26 bits per heavy atom. The van der Waals surface area contributed by atoms with Gasteiger partial charge in [-0.1, -0.05) is 59.9 Å². The molecule has 170 valence electrons. The topological polar surface area (TPSA) is 70.6 Å². The van der Waals surface area contributed by atoms with Gasteiger partial charge in [-0.3, -0.25) is 24.2 Å². The standard InChI is InChI=1S/C27H23N3O3S/c1-17-14-18(2)24-22(15-17)34-27(28-24)30(16-19-8-4-3-5-9-19)23(31)12-13-29-25(32)20-10-6-7-11-21(20)26(29)33/h3-11,14-15H,12-13,16H2,1-2H3. The zero-order valence-corrected chi connectivity index (χ0v) is 19.8. The first-order chi connectivity index (χ1) is 16.4. The molecule has 1 aromatic heterocycles. The molecule has 4 aromatic rings. The number of fused-ring (bicyclic) bond motifs is 2. The van der Waals surface area contributed by atoms with Crippen molar-refractivity contribution < 1.29 is 14.4 Å². The van der Waals surface area contributed by atoms with Crippen molar-refractivity contribution in [3.8, 4) is 0 Å². The number of nitrogens with zero attached hydrogens (tertiary/aromatic N) is 3. The Labute approximate surface area is 201 Å². The summed E-state index contributed by atoms with van der Waals surface area (Å²) in [5.74, 6) is -0.892. The highest BCUT2D eigenvalue weighted by Gasteiger charge is 2.35. The molecule has 3 amide bonds. The van der Waals surface area contributed by atoms with E-state index in [2.05, 4.69) is 12.1 Å². The van der Waals surface area contributed by atoms with Crippen molar-refractivity contribution in [2.75, 3.05) is 11.4 Å². The van der Waals surface area contributed by atoms with E-state index in [0.717, 1.165) is 31.8 Å². The van der Waals surface area contributed by atoms with Crippen molar-refractivity contribution in [1.29, 1.82) is 0 Å². The fourth-order valence-corrected chi connectivity index (χ4v) is 5.45. The van der Waals surface area contributed by atoms with Crippen molar-refractivity contribution in [2.45, 2.75) is 26.8 Å². The van der Waals surface area contributed by atoms with Crippen LogP contribution in [0.4, 0.5) is 5.13 Å². The number of thiazole rings is 1. The van der Waals surface area contributed by atoms with Gasteiger partial charge in [0.1, 0.15) is 0 Å². The minimum atomic E-state index is -0.353. The normalized spacial score (nSPS) is 12.9. The minimum Gasteiger partial charge on any atom is -0.284 e. The van der Waals surface area contributed by atoms with Crippen molar-refractivity contribution >= 4 is 44.4 Å². The summed E-state index contributed by atoms with van der Waals surface area (Å²) < 4.78 is 1.03. The summed E-state index contributed by atoms with van der Waals surface area (Å²) in [5.41, 5.74) is 4.85. The van der Waals surface area contributed by atoms with E-state index in [1.165, 1.54) is 11.3 Å². The van der Waals surface area contributed by atoms with E-state index in [-0.39, 0.29) is 30.7 Å². The lowest BCUT2D eigenvalue weighted by atomic mass is 10.1. The van der Waals surface area contributed by atoms with Crippen LogP contribution in [-0.4, -0.2) is 34.2 Å². The van der Waals surface area contributed by atoms with Crippen LogP contribution in [0.15, 0.2) is 66.7 Å². The molecular weight excluding hydrogens is 446 g/mol. The monoisotopic (exact) mass is 469 g/mol. The first-order valence-corrected chi connectivity index (χ1v) is 11.9. The Morgan fingerprint density at radius 2 is 1.59 bits per heavy atom. The summed E-state index contributed by atoms with van der Waals surface area (Å²) >= 11 is 1.48. The number of carbonyl (C=O) groups is 3. The van der Waals surface area contributed by atoms with Gasteiger partial charge in [-0.15, -0.1) is 0 Å². The third-order valence-corrected chi connectivity index (χ3v) is 6.99. The first-order valence-electron chi connectivity index (χ1n) is 11.1. The molecule has 3 aromatic carbocycles. The van der Waals surface area contributed by atoms with Gasteiger partial charge < -0.3 is 0 Å². The highest BCUT2D eigenvalue weighted by molar-refractivity contribution is 7.22. The molecule has 6 nitrogen and oxygen atoms in total. The molecule has 0 saturated heterocycles. The fraction of sp³-hybridized carbons (Fsp3) is 0.185. The summed E-state index contributed by atoms with van der Waals surface area (Å²) in [6.45, 7) is 4.45. The highest BCUT2D eigenvalue weighted by Crippen LogP contribution is 2.33. The van der Waals surface area contributed by atoms with Crippen molar-refractivity contribution in [3.63, 3.8) is 0 Å². The lowest BCUT2D eigenvalue weighted by Crippen LogP contribution is -2.36. The molecule has 1 aliphatic rings. The molecular formula is C27H23N3O3S. The Morgan fingerprint density at radius 1 is 0.941 bits per heavy atom. The predicted molar refractivity (Wildman–Crippen MR) is 133 cm³/mol. The molecule has 0 saturated carbocycles. The average Bonchev–Trinajstić information content (AvgIpc) is 3.36. The van der Waals surface area contributed by atoms with Crippen LogP contribution in [-0.2, 0) is 11.3 Å². The number of imide groups is 1. The first kappa shape index (κ1) is 22.0. The second kappa shape index (κ2) is 8.83. The maximum Gasteiger partial charge on any atom is 0.261 e. The van der Waals surface area contributed by atoms with Crippen LogP contribution in [0.25, 0.3) is 10.2 Å². The molecule has 5 rings (SSSR count). The summed E-state index contributed by atoms with van der Waals surface area (Å²) in [6, 6.07) is 20.6. The molecule has 0 fully saturated rings. The van der Waals surface area contributed by atoms with Gasteiger partial charge in [0.25, 0.3) is 11.8 Å². The van der Waals surface area contributed by atoms with E-state index in [9.17, 15) is 14.4 Å². The van der Waals surface area contributed by atoms with E-state index < -0.39 is 0 Å². The molecule has 7 heteroatoms. The number of hydrogen-bond donors (Lipinski definition) is 0. The second-order valence-corrected chi connectivity index (χ2v) is 9.46. The molecule has 0 N–H and O–H groups in total. The van der Waals surface area contributed by atoms with Crippen LogP contribution in [0.5, 0.6) is 0 Å². The van der Waals surface area contributed by atoms with Gasteiger partial charge in [0.05, 0.1) is 27.9 Å². The quantitative estimate of drug-likeness (QED) is 0.367. The van der Waals surface area contributed by atoms with Crippen molar-refractivity contribution in [2.24, 2.45) is 0 Å². The third kappa shape index (κ3) is 3.99. The summed E-state index contributed by atoms with van der Waals surface area (Å²) in [5, 5.41) is 0.611. The predicted octanol–water partition coefficient (Wildman–Crippen LogP) is 5.13. The number of hydrogen-bond acceptors (Lipinski definition) is 5. The fourth-order valence-electron chi connectivity index (χ4n) is 4.29. The number of carbonyl (C=O) groups excluding carboxylic acids is 3. The van der Waals surface area contributed by atoms with Crippen LogP contribution in [0.1, 0.15) is 43.8 Å². The molecule has 2 heterocycles. The van der Waals surface area contributed by atoms with E-state index >= 15 is 0 Å². The van der Waals surface area contributed by atoms with Gasteiger partial charge in [-0.05, 0) is 48.7 Å². The Balaban J connectivity index is 1.42. The van der Waals surface area contributed by atoms with Gasteiger partial charge in [-0.2, -0.15) is 0 Å². The van der Waals surface area contributed by atoms with E-state index in [0.29, 0.717) is 22.8 Å². The van der Waals surface area contributed by atoms with Crippen LogP contribution < -0.4 is 4.90 Å². The van der Waals surface area contributed by atoms with E-state index in [1.807, 2.05) is 44.2 Å². The molecule has 1 aliphatic heterocycles. The lowest BCUT2D eigenvalue weighted by Gasteiger charge is -2.21. The average molecular weight is 470 g/mol. The largest absolute Gasteiger partial charge is 0.284 e. The van der Waals surface area contributed by atoms with Crippen molar-refractivity contribution in [1.82, 2.24) is 9.88 Å². The van der Waals surface area contributed by atoms with Gasteiger partial charge in [0.2, 0.25) is 5.91 Å². The summed E-state index contributed by atoms with van der Waals surface area (Å²) in [4.78, 5) is 46.5. The molecule has 0 aliphatic carbocycles. The van der Waals surface area contributed by atoms with E-state index in [4.69, 9.17) is 4.98 Å². The third-order valence-electron chi connectivity index (χ3n) is 5.96. The number of anilines is 1. The smallest absolute Gasteiger partial charge is 0.261 e.